The molecule has 0 saturated carbocycles. The number of alkyl halides is 3. The van der Waals surface area contributed by atoms with Crippen LogP contribution in [0.15, 0.2) is 11.4 Å². The molecule has 0 atom stereocenters. The average molecular weight is 328 g/mol. The van der Waals surface area contributed by atoms with Crippen molar-refractivity contribution in [1.82, 2.24) is 10.3 Å². The van der Waals surface area contributed by atoms with Gasteiger partial charge in [0.15, 0.2) is 0 Å². The van der Waals surface area contributed by atoms with Gasteiger partial charge in [-0.15, -0.1) is 11.3 Å². The molecule has 8 heteroatoms. The molecule has 1 aliphatic heterocycles. The van der Waals surface area contributed by atoms with Crippen LogP contribution in [0, 0.1) is 6.42 Å². The van der Waals surface area contributed by atoms with Gasteiger partial charge in [0.25, 0.3) is 5.91 Å². The van der Waals surface area contributed by atoms with Gasteiger partial charge in [-0.3, -0.25) is 4.79 Å². The van der Waals surface area contributed by atoms with Crippen molar-refractivity contribution in [3.05, 3.63) is 29.0 Å². The summed E-state index contributed by atoms with van der Waals surface area (Å²) in [5.41, 5.74) is -0.446. The van der Waals surface area contributed by atoms with Crippen LogP contribution >= 0.6 is 11.3 Å². The monoisotopic (exact) mass is 328 g/mol. The molecule has 0 bridgehead atoms. The van der Waals surface area contributed by atoms with E-state index in [1.54, 1.807) is 4.90 Å². The van der Waals surface area contributed by atoms with E-state index in [9.17, 15) is 18.0 Å². The highest BCUT2D eigenvalue weighted by molar-refractivity contribution is 7.17. The number of hydrogen-bond donors (Lipinski definition) is 1. The molecule has 1 amide bonds. The number of pyridine rings is 1. The van der Waals surface area contributed by atoms with Crippen molar-refractivity contribution in [1.29, 1.82) is 0 Å². The van der Waals surface area contributed by atoms with Crippen molar-refractivity contribution in [3.8, 4) is 0 Å². The normalized spacial score (nSPS) is 15.5. The highest BCUT2D eigenvalue weighted by atomic mass is 32.1. The topological polar surface area (TPSA) is 45.2 Å². The number of hydrogen-bond acceptors (Lipinski definition) is 4. The van der Waals surface area contributed by atoms with Gasteiger partial charge in [-0.2, -0.15) is 13.2 Å². The first-order valence-corrected chi connectivity index (χ1v) is 7.58. The van der Waals surface area contributed by atoms with Gasteiger partial charge in [0.2, 0.25) is 0 Å². The molecule has 1 fully saturated rings. The second-order valence-corrected chi connectivity index (χ2v) is 5.84. The molecule has 2 aromatic heterocycles. The third-order valence-electron chi connectivity index (χ3n) is 3.56. The minimum atomic E-state index is -4.48. The Morgan fingerprint density at radius 1 is 1.45 bits per heavy atom. The first-order chi connectivity index (χ1) is 10.4. The number of carbonyl (C=O) groups excluding carboxylic acids is 1. The lowest BCUT2D eigenvalue weighted by atomic mass is 10.1. The summed E-state index contributed by atoms with van der Waals surface area (Å²) in [5, 5.41) is 3.86. The molecule has 0 aromatic carbocycles. The molecule has 0 unspecified atom stereocenters. The van der Waals surface area contributed by atoms with E-state index < -0.39 is 17.6 Å². The van der Waals surface area contributed by atoms with Gasteiger partial charge in [-0.25, -0.2) is 4.98 Å². The quantitative estimate of drug-likeness (QED) is 0.921. The van der Waals surface area contributed by atoms with Crippen molar-refractivity contribution in [2.24, 2.45) is 0 Å². The van der Waals surface area contributed by atoms with Crippen LogP contribution in [0.1, 0.15) is 22.3 Å². The Kier molecular flexibility index (Phi) is 3.72. The van der Waals surface area contributed by atoms with E-state index >= 15 is 0 Å². The number of anilines is 1. The maximum Gasteiger partial charge on any atom is 0.417 e. The maximum absolute atomic E-state index is 13.3. The van der Waals surface area contributed by atoms with Crippen molar-refractivity contribution in [3.63, 3.8) is 0 Å². The fourth-order valence-corrected chi connectivity index (χ4v) is 3.48. The predicted molar refractivity (Wildman–Crippen MR) is 79.1 cm³/mol. The number of thiophene rings is 1. The lowest BCUT2D eigenvalue weighted by Gasteiger charge is -2.18. The number of fused-ring (bicyclic) bond motifs is 1. The smallest absolute Gasteiger partial charge is 0.356 e. The fourth-order valence-electron chi connectivity index (χ4n) is 2.46. The van der Waals surface area contributed by atoms with E-state index in [4.69, 9.17) is 0 Å². The molecule has 22 heavy (non-hydrogen) atoms. The molecule has 1 aliphatic rings. The molecule has 1 saturated heterocycles. The van der Waals surface area contributed by atoms with Crippen molar-refractivity contribution >= 4 is 33.3 Å². The molecule has 3 rings (SSSR count). The molecule has 0 aliphatic carbocycles. The van der Waals surface area contributed by atoms with Crippen LogP contribution in [0.5, 0.6) is 0 Å². The van der Waals surface area contributed by atoms with Crippen LogP contribution in [0.25, 0.3) is 10.2 Å². The zero-order valence-electron chi connectivity index (χ0n) is 11.7. The summed E-state index contributed by atoms with van der Waals surface area (Å²) in [7, 11) is 1.44. The van der Waals surface area contributed by atoms with Crippen molar-refractivity contribution in [2.45, 2.75) is 12.6 Å². The van der Waals surface area contributed by atoms with Gasteiger partial charge in [0, 0.05) is 25.5 Å². The standard InChI is InChI=1S/C14H13F3N3OS/c1-18-13(21)8-7-22-12-9(14(15,16)17)6-10(19-11(8)12)20-4-2-3-5-20/h2,6-7H,3-5H2,1H3,(H,18,21). The third kappa shape index (κ3) is 2.51. The van der Waals surface area contributed by atoms with Crippen molar-refractivity contribution < 1.29 is 18.0 Å². The molecule has 1 radical (unpaired) electrons. The van der Waals surface area contributed by atoms with Gasteiger partial charge in [-0.1, -0.05) is 0 Å². The zero-order chi connectivity index (χ0) is 15.9. The summed E-state index contributed by atoms with van der Waals surface area (Å²) < 4.78 is 40.0. The summed E-state index contributed by atoms with van der Waals surface area (Å²) >= 11 is 0.893. The van der Waals surface area contributed by atoms with E-state index in [1.807, 2.05) is 6.42 Å². The van der Waals surface area contributed by atoms with Crippen LogP contribution in [0.3, 0.4) is 0 Å². The lowest BCUT2D eigenvalue weighted by molar-refractivity contribution is -0.136. The molecule has 1 N–H and O–H groups in total. The molecule has 3 heterocycles. The Hall–Kier alpha value is -1.83. The van der Waals surface area contributed by atoms with Crippen LogP contribution in [0.4, 0.5) is 19.0 Å². The minimum Gasteiger partial charge on any atom is -0.356 e. The largest absolute Gasteiger partial charge is 0.417 e. The van der Waals surface area contributed by atoms with Gasteiger partial charge in [0.05, 0.1) is 21.3 Å². The fraction of sp³-hybridized carbons (Fsp3) is 0.357. The number of nitrogens with one attached hydrogen (secondary N) is 1. The van der Waals surface area contributed by atoms with E-state index in [1.165, 1.54) is 12.4 Å². The van der Waals surface area contributed by atoms with E-state index in [0.717, 1.165) is 23.8 Å². The van der Waals surface area contributed by atoms with Crippen molar-refractivity contribution in [2.75, 3.05) is 25.0 Å². The number of rotatable bonds is 2. The maximum atomic E-state index is 13.3. The molecule has 4 nitrogen and oxygen atoms in total. The Balaban J connectivity index is 2.23. The van der Waals surface area contributed by atoms with Crippen LogP contribution < -0.4 is 10.2 Å². The van der Waals surface area contributed by atoms with Gasteiger partial charge < -0.3 is 10.2 Å². The SMILES string of the molecule is CNC(=O)c1csc2c(C(F)(F)F)cc(N3C[CH]CC3)nc12. The van der Waals surface area contributed by atoms with Crippen LogP contribution in [0.2, 0.25) is 0 Å². The Bertz CT molecular complexity index is 720. The van der Waals surface area contributed by atoms with Crippen LogP contribution in [-0.4, -0.2) is 31.0 Å². The predicted octanol–water partition coefficient (Wildman–Crippen LogP) is 3.09. The zero-order valence-corrected chi connectivity index (χ0v) is 12.5. The highest BCUT2D eigenvalue weighted by Crippen LogP contribution is 2.40. The summed E-state index contributed by atoms with van der Waals surface area (Å²) in [4.78, 5) is 17.9. The molecular weight excluding hydrogens is 315 g/mol. The average Bonchev–Trinajstić information content (AvgIpc) is 3.13. The number of amides is 1. The Morgan fingerprint density at radius 3 is 2.82 bits per heavy atom. The first kappa shape index (κ1) is 15.1. The van der Waals surface area contributed by atoms with E-state index in [2.05, 4.69) is 10.3 Å². The minimum absolute atomic E-state index is 0.00183. The Morgan fingerprint density at radius 2 is 2.23 bits per heavy atom. The number of aromatic nitrogens is 1. The molecule has 117 valence electrons. The summed E-state index contributed by atoms with van der Waals surface area (Å²) in [6.45, 7) is 1.20. The molecule has 2 aromatic rings. The van der Waals surface area contributed by atoms with Crippen LogP contribution in [-0.2, 0) is 6.18 Å². The van der Waals surface area contributed by atoms with Gasteiger partial charge in [-0.05, 0) is 18.9 Å². The third-order valence-corrected chi connectivity index (χ3v) is 4.57. The number of carbonyl (C=O) groups is 1. The number of nitrogens with zero attached hydrogens (tertiary/aromatic N) is 2. The summed E-state index contributed by atoms with van der Waals surface area (Å²) in [6.07, 6.45) is -1.68. The number of halogens is 3. The highest BCUT2D eigenvalue weighted by Gasteiger charge is 2.36. The van der Waals surface area contributed by atoms with Gasteiger partial charge >= 0.3 is 6.18 Å². The van der Waals surface area contributed by atoms with Gasteiger partial charge in [0.1, 0.15) is 5.82 Å². The molecule has 0 spiro atoms. The van der Waals surface area contributed by atoms with E-state index in [0.29, 0.717) is 13.1 Å². The second-order valence-electron chi connectivity index (χ2n) is 4.96. The first-order valence-electron chi connectivity index (χ1n) is 6.70. The second kappa shape index (κ2) is 5.42. The summed E-state index contributed by atoms with van der Waals surface area (Å²) in [6, 6.07) is 1.08. The summed E-state index contributed by atoms with van der Waals surface area (Å²) in [5.74, 6) is -0.172. The Labute approximate surface area is 128 Å². The lowest BCUT2D eigenvalue weighted by Crippen LogP contribution is -2.21. The molecular formula is C14H13F3N3OS. The van der Waals surface area contributed by atoms with E-state index in [-0.39, 0.29) is 21.6 Å².